The van der Waals surface area contributed by atoms with Gasteiger partial charge in [-0.3, -0.25) is 4.79 Å². The van der Waals surface area contributed by atoms with Crippen molar-refractivity contribution in [2.24, 2.45) is 10.8 Å². The van der Waals surface area contributed by atoms with Gasteiger partial charge in [0.1, 0.15) is 17.9 Å². The number of hydrogen-bond donors (Lipinski definition) is 0. The molecule has 1 saturated carbocycles. The fourth-order valence-electron chi connectivity index (χ4n) is 6.83. The monoisotopic (exact) mass is 522 g/mol. The molecule has 5 aliphatic rings. The number of aromatic nitrogens is 3. The molecule has 2 bridgehead atoms. The van der Waals surface area contributed by atoms with Gasteiger partial charge in [0.15, 0.2) is 5.82 Å². The van der Waals surface area contributed by atoms with E-state index < -0.39 is 5.82 Å². The number of anilines is 1. The van der Waals surface area contributed by atoms with E-state index >= 15 is 0 Å². The second-order valence-corrected chi connectivity index (χ2v) is 12.4. The first kappa shape index (κ1) is 24.2. The topological polar surface area (TPSA) is 83.9 Å². The highest BCUT2D eigenvalue weighted by Crippen LogP contribution is 2.48. The van der Waals surface area contributed by atoms with Crippen LogP contribution in [0, 0.1) is 16.6 Å². The third-order valence-electron chi connectivity index (χ3n) is 9.40. The first-order valence-corrected chi connectivity index (χ1v) is 13.9. The van der Waals surface area contributed by atoms with Crippen LogP contribution in [0.1, 0.15) is 55.8 Å². The summed E-state index contributed by atoms with van der Waals surface area (Å²) in [6.45, 7) is 8.76. The molecule has 5 fully saturated rings. The molecule has 4 aliphatic heterocycles. The Labute approximate surface area is 222 Å². The number of rotatable bonds is 6. The zero-order chi connectivity index (χ0) is 25.9. The van der Waals surface area contributed by atoms with Gasteiger partial charge in [0.2, 0.25) is 0 Å². The molecule has 1 amide bonds. The Kier molecular flexibility index (Phi) is 5.81. The van der Waals surface area contributed by atoms with Crippen molar-refractivity contribution < 1.29 is 18.7 Å². The maximum atomic E-state index is 14.3. The van der Waals surface area contributed by atoms with Crippen LogP contribution in [0.5, 0.6) is 11.6 Å². The predicted molar refractivity (Wildman–Crippen MR) is 138 cm³/mol. The van der Waals surface area contributed by atoms with Gasteiger partial charge >= 0.3 is 0 Å². The van der Waals surface area contributed by atoms with E-state index in [-0.39, 0.29) is 35.2 Å². The standard InChI is InChI=1S/C28H35FN6O3/c1-27(6-7-27)15-33-10-8-28(9-11-33)16-34(17-28)24-25(32-31-18-30-24)38-23-5-2-19(29)12-22(23)26(36)35-20-3-4-21(35)14-37-13-20/h2,5,12,18,20-21H,3-4,6-11,13-17H2,1H3/t20-,21+. The van der Waals surface area contributed by atoms with Gasteiger partial charge in [-0.05, 0) is 75.2 Å². The minimum atomic E-state index is -0.481. The van der Waals surface area contributed by atoms with E-state index in [0.29, 0.717) is 29.9 Å². The maximum Gasteiger partial charge on any atom is 0.282 e. The molecular formula is C28H35FN6O3. The molecule has 1 spiro atoms. The fourth-order valence-corrected chi connectivity index (χ4v) is 6.83. The number of amides is 1. The summed E-state index contributed by atoms with van der Waals surface area (Å²) >= 11 is 0. The molecule has 2 aromatic rings. The predicted octanol–water partition coefficient (Wildman–Crippen LogP) is 3.51. The average molecular weight is 523 g/mol. The van der Waals surface area contributed by atoms with Crippen molar-refractivity contribution in [3.63, 3.8) is 0 Å². The van der Waals surface area contributed by atoms with Crippen molar-refractivity contribution >= 4 is 11.7 Å². The number of likely N-dealkylation sites (tertiary alicyclic amines) is 1. The van der Waals surface area contributed by atoms with E-state index in [1.165, 1.54) is 56.8 Å². The number of carbonyl (C=O) groups is 1. The van der Waals surface area contributed by atoms with Crippen LogP contribution in [0.25, 0.3) is 0 Å². The zero-order valence-corrected chi connectivity index (χ0v) is 21.9. The van der Waals surface area contributed by atoms with E-state index in [2.05, 4.69) is 31.9 Å². The molecule has 7 rings (SSSR count). The Morgan fingerprint density at radius 1 is 1.13 bits per heavy atom. The zero-order valence-electron chi connectivity index (χ0n) is 21.9. The molecule has 0 N–H and O–H groups in total. The molecule has 0 unspecified atom stereocenters. The van der Waals surface area contributed by atoms with Crippen molar-refractivity contribution in [3.8, 4) is 11.6 Å². The molecular weight excluding hydrogens is 487 g/mol. The van der Waals surface area contributed by atoms with E-state index in [4.69, 9.17) is 9.47 Å². The number of piperidine rings is 1. The van der Waals surface area contributed by atoms with Crippen molar-refractivity contribution in [1.82, 2.24) is 25.0 Å². The number of carbonyl (C=O) groups excluding carboxylic acids is 1. The third kappa shape index (κ3) is 4.41. The third-order valence-corrected chi connectivity index (χ3v) is 9.40. The highest BCUT2D eigenvalue weighted by Gasteiger charge is 2.48. The van der Waals surface area contributed by atoms with E-state index in [0.717, 1.165) is 39.0 Å². The smallest absolute Gasteiger partial charge is 0.282 e. The minimum absolute atomic E-state index is 0.0157. The van der Waals surface area contributed by atoms with Gasteiger partial charge in [0.25, 0.3) is 11.8 Å². The molecule has 10 heteroatoms. The highest BCUT2D eigenvalue weighted by atomic mass is 19.1. The van der Waals surface area contributed by atoms with Crippen LogP contribution in [-0.4, -0.2) is 88.9 Å². The molecule has 4 saturated heterocycles. The Bertz CT molecular complexity index is 1210. The Morgan fingerprint density at radius 3 is 2.58 bits per heavy atom. The summed E-state index contributed by atoms with van der Waals surface area (Å²) < 4.78 is 26.1. The highest BCUT2D eigenvalue weighted by molar-refractivity contribution is 5.97. The van der Waals surface area contributed by atoms with Gasteiger partial charge in [0.05, 0.1) is 30.9 Å². The first-order chi connectivity index (χ1) is 18.4. The van der Waals surface area contributed by atoms with E-state index in [9.17, 15) is 9.18 Å². The second kappa shape index (κ2) is 9.12. The number of morpholine rings is 1. The van der Waals surface area contributed by atoms with Crippen LogP contribution in [0.2, 0.25) is 0 Å². The lowest BCUT2D eigenvalue weighted by Crippen LogP contribution is -2.61. The van der Waals surface area contributed by atoms with Gasteiger partial charge in [-0.25, -0.2) is 9.37 Å². The lowest BCUT2D eigenvalue weighted by Gasteiger charge is -2.54. The molecule has 202 valence electrons. The molecule has 38 heavy (non-hydrogen) atoms. The van der Waals surface area contributed by atoms with Crippen LogP contribution < -0.4 is 9.64 Å². The van der Waals surface area contributed by atoms with Gasteiger partial charge in [-0.2, -0.15) is 0 Å². The van der Waals surface area contributed by atoms with Gasteiger partial charge in [0, 0.05) is 25.0 Å². The average Bonchev–Trinajstić information content (AvgIpc) is 3.57. The fraction of sp³-hybridized carbons (Fsp3) is 0.643. The molecule has 5 heterocycles. The van der Waals surface area contributed by atoms with Crippen LogP contribution in [0.3, 0.4) is 0 Å². The summed E-state index contributed by atoms with van der Waals surface area (Å²) in [5, 5.41) is 8.17. The van der Waals surface area contributed by atoms with Crippen molar-refractivity contribution in [2.45, 2.75) is 57.5 Å². The Morgan fingerprint density at radius 2 is 1.87 bits per heavy atom. The lowest BCUT2D eigenvalue weighted by molar-refractivity contribution is -0.00729. The second-order valence-electron chi connectivity index (χ2n) is 12.4. The van der Waals surface area contributed by atoms with Crippen LogP contribution in [0.4, 0.5) is 10.2 Å². The Hall–Kier alpha value is -2.85. The van der Waals surface area contributed by atoms with E-state index in [1.807, 2.05) is 4.90 Å². The lowest BCUT2D eigenvalue weighted by atomic mass is 9.72. The van der Waals surface area contributed by atoms with Gasteiger partial charge in [-0.15, -0.1) is 10.2 Å². The van der Waals surface area contributed by atoms with Crippen molar-refractivity contribution in [3.05, 3.63) is 35.9 Å². The van der Waals surface area contributed by atoms with Crippen molar-refractivity contribution in [2.75, 3.05) is 50.8 Å². The summed E-state index contributed by atoms with van der Waals surface area (Å²) in [6, 6.07) is 4.09. The number of benzene rings is 1. The Balaban J connectivity index is 1.06. The number of fused-ring (bicyclic) bond motifs is 2. The maximum absolute atomic E-state index is 14.3. The summed E-state index contributed by atoms with van der Waals surface area (Å²) in [5.41, 5.74) is 1.05. The summed E-state index contributed by atoms with van der Waals surface area (Å²) in [4.78, 5) is 24.7. The summed E-state index contributed by atoms with van der Waals surface area (Å²) in [5.74, 6) is 0.414. The largest absolute Gasteiger partial charge is 0.434 e. The molecule has 2 atom stereocenters. The normalized spacial score (nSPS) is 27.3. The van der Waals surface area contributed by atoms with Crippen LogP contribution in [0.15, 0.2) is 24.5 Å². The first-order valence-electron chi connectivity index (χ1n) is 13.9. The van der Waals surface area contributed by atoms with Crippen LogP contribution in [-0.2, 0) is 4.74 Å². The molecule has 1 aliphatic carbocycles. The van der Waals surface area contributed by atoms with Gasteiger partial charge < -0.3 is 24.2 Å². The molecule has 9 nitrogen and oxygen atoms in total. The number of halogens is 1. The SMILES string of the molecule is CC1(CN2CCC3(CC2)CN(c2ncnnc2Oc2ccc(F)cc2C(=O)N2[C@@H]4CC[C@H]2COC4)C3)CC1. The molecule has 0 radical (unpaired) electrons. The molecule has 1 aromatic carbocycles. The summed E-state index contributed by atoms with van der Waals surface area (Å²) in [7, 11) is 0. The van der Waals surface area contributed by atoms with Crippen LogP contribution >= 0.6 is 0 Å². The number of ether oxygens (including phenoxy) is 2. The minimum Gasteiger partial charge on any atom is -0.434 e. The summed E-state index contributed by atoms with van der Waals surface area (Å²) in [6.07, 6.45) is 8.32. The number of nitrogens with zero attached hydrogens (tertiary/aromatic N) is 6. The van der Waals surface area contributed by atoms with Crippen molar-refractivity contribution in [1.29, 1.82) is 0 Å². The quantitative estimate of drug-likeness (QED) is 0.570. The van der Waals surface area contributed by atoms with Gasteiger partial charge in [-0.1, -0.05) is 6.92 Å². The molecule has 1 aromatic heterocycles. The van der Waals surface area contributed by atoms with E-state index in [1.54, 1.807) is 0 Å². The number of hydrogen-bond acceptors (Lipinski definition) is 8.